The number of hydrogen-bond donors (Lipinski definition) is 0. The van der Waals surface area contributed by atoms with Gasteiger partial charge in [-0.05, 0) is 46.1 Å². The lowest BCUT2D eigenvalue weighted by molar-refractivity contribution is -0.147. The lowest BCUT2D eigenvalue weighted by Crippen LogP contribution is -2.60. The van der Waals surface area contributed by atoms with E-state index >= 15 is 0 Å². The van der Waals surface area contributed by atoms with E-state index in [0.29, 0.717) is 13.1 Å². The first-order valence-electron chi connectivity index (χ1n) is 7.36. The van der Waals surface area contributed by atoms with Crippen LogP contribution in [0, 0.1) is 0 Å². The topological polar surface area (TPSA) is 43.9 Å². The molecule has 1 heterocycles. The van der Waals surface area contributed by atoms with Crippen molar-refractivity contribution in [2.75, 3.05) is 38.6 Å². The number of carbonyl (C=O) groups is 2. The van der Waals surface area contributed by atoms with E-state index in [-0.39, 0.29) is 6.04 Å². The molecule has 1 aliphatic heterocycles. The highest BCUT2D eigenvalue weighted by atomic mass is 16.2. The predicted octanol–water partition coefficient (Wildman–Crippen LogP) is 1.20. The van der Waals surface area contributed by atoms with Gasteiger partial charge in [-0.25, -0.2) is 0 Å². The lowest BCUT2D eigenvalue weighted by atomic mass is 10.1. The van der Waals surface area contributed by atoms with Gasteiger partial charge in [0.15, 0.2) is 0 Å². The molecule has 0 radical (unpaired) electrons. The molecule has 21 heavy (non-hydrogen) atoms. The quantitative estimate of drug-likeness (QED) is 0.765. The largest absolute Gasteiger partial charge is 0.333 e. The van der Waals surface area contributed by atoms with Crippen LogP contribution in [0.2, 0.25) is 0 Å². The maximum atomic E-state index is 12.5. The molecule has 0 saturated carbocycles. The molecule has 2 amide bonds. The number of likely N-dealkylation sites (N-methyl/N-ethyl adjacent to an activating group) is 1. The van der Waals surface area contributed by atoms with Crippen molar-refractivity contribution >= 4 is 17.5 Å². The Bertz CT molecular complexity index is 502. The smallest absolute Gasteiger partial charge is 0.316 e. The Morgan fingerprint density at radius 3 is 2.38 bits per heavy atom. The summed E-state index contributed by atoms with van der Waals surface area (Å²) in [5.41, 5.74) is 0.801. The third-order valence-corrected chi connectivity index (χ3v) is 3.81. The number of para-hydroxylation sites is 1. The molecule has 5 nitrogen and oxygen atoms in total. The van der Waals surface area contributed by atoms with Crippen LogP contribution >= 0.6 is 0 Å². The molecular formula is C16H23N3O2. The Balaban J connectivity index is 2.27. The third kappa shape index (κ3) is 3.42. The van der Waals surface area contributed by atoms with Crippen LogP contribution in [-0.4, -0.2) is 61.4 Å². The summed E-state index contributed by atoms with van der Waals surface area (Å²) < 4.78 is 0. The van der Waals surface area contributed by atoms with Gasteiger partial charge in [-0.1, -0.05) is 18.2 Å². The zero-order chi connectivity index (χ0) is 15.4. The fraction of sp³-hybridized carbons (Fsp3) is 0.500. The fourth-order valence-electron chi connectivity index (χ4n) is 2.64. The van der Waals surface area contributed by atoms with Crippen LogP contribution in [0.5, 0.6) is 0 Å². The van der Waals surface area contributed by atoms with Crippen LogP contribution in [0.1, 0.15) is 13.3 Å². The third-order valence-electron chi connectivity index (χ3n) is 3.81. The molecule has 0 bridgehead atoms. The molecule has 1 fully saturated rings. The van der Waals surface area contributed by atoms with Gasteiger partial charge < -0.3 is 9.80 Å². The van der Waals surface area contributed by atoms with Gasteiger partial charge in [-0.2, -0.15) is 0 Å². The number of benzene rings is 1. The van der Waals surface area contributed by atoms with E-state index in [1.54, 1.807) is 9.80 Å². The summed E-state index contributed by atoms with van der Waals surface area (Å²) in [7, 11) is 4.03. The normalized spacial score (nSPS) is 19.5. The van der Waals surface area contributed by atoms with Crippen molar-refractivity contribution in [1.29, 1.82) is 0 Å². The number of nitrogens with zero attached hydrogens (tertiary/aromatic N) is 3. The van der Waals surface area contributed by atoms with Gasteiger partial charge in [0, 0.05) is 18.8 Å². The van der Waals surface area contributed by atoms with Crippen molar-refractivity contribution in [2.45, 2.75) is 19.4 Å². The highest BCUT2D eigenvalue weighted by Crippen LogP contribution is 2.23. The molecule has 2 rings (SSSR count). The highest BCUT2D eigenvalue weighted by molar-refractivity contribution is 6.41. The van der Waals surface area contributed by atoms with E-state index in [1.165, 1.54) is 0 Å². The zero-order valence-electron chi connectivity index (χ0n) is 13.0. The van der Waals surface area contributed by atoms with Crippen LogP contribution < -0.4 is 4.90 Å². The summed E-state index contributed by atoms with van der Waals surface area (Å²) in [4.78, 5) is 30.0. The van der Waals surface area contributed by atoms with Crippen LogP contribution in [0.15, 0.2) is 30.3 Å². The number of hydrogen-bond acceptors (Lipinski definition) is 3. The molecule has 1 aliphatic rings. The summed E-state index contributed by atoms with van der Waals surface area (Å²) in [5, 5.41) is 0. The Labute approximate surface area is 126 Å². The molecule has 0 N–H and O–H groups in total. The van der Waals surface area contributed by atoms with Gasteiger partial charge in [0.25, 0.3) is 0 Å². The Kier molecular flexibility index (Phi) is 4.96. The minimum Gasteiger partial charge on any atom is -0.333 e. The van der Waals surface area contributed by atoms with E-state index in [2.05, 4.69) is 4.90 Å². The SMILES string of the molecule is CCN1CC(CCN(C)C)N(c2ccccc2)C(=O)C1=O. The average Bonchev–Trinajstić information content (AvgIpc) is 2.49. The second kappa shape index (κ2) is 6.72. The van der Waals surface area contributed by atoms with Crippen LogP contribution in [0.4, 0.5) is 5.69 Å². The summed E-state index contributed by atoms with van der Waals surface area (Å²) >= 11 is 0. The molecule has 5 heteroatoms. The molecule has 0 aliphatic carbocycles. The molecule has 114 valence electrons. The van der Waals surface area contributed by atoms with Gasteiger partial charge in [0.05, 0.1) is 6.04 Å². The molecule has 1 saturated heterocycles. The molecule has 1 aromatic rings. The maximum absolute atomic E-state index is 12.5. The summed E-state index contributed by atoms with van der Waals surface area (Å²) in [5.74, 6) is -0.819. The number of piperazine rings is 1. The van der Waals surface area contributed by atoms with Crippen LogP contribution in [0.3, 0.4) is 0 Å². The molecule has 1 atom stereocenters. The van der Waals surface area contributed by atoms with Gasteiger partial charge in [-0.15, -0.1) is 0 Å². The van der Waals surface area contributed by atoms with E-state index in [1.807, 2.05) is 51.4 Å². The Morgan fingerprint density at radius 1 is 1.14 bits per heavy atom. The summed E-state index contributed by atoms with van der Waals surface area (Å²) in [6.45, 7) is 3.97. The first kappa shape index (κ1) is 15.5. The first-order valence-corrected chi connectivity index (χ1v) is 7.36. The van der Waals surface area contributed by atoms with Crippen molar-refractivity contribution in [3.05, 3.63) is 30.3 Å². The fourth-order valence-corrected chi connectivity index (χ4v) is 2.64. The predicted molar refractivity (Wildman–Crippen MR) is 83.1 cm³/mol. The standard InChI is InChI=1S/C16H23N3O2/c1-4-18-12-14(10-11-17(2)3)19(16(21)15(18)20)13-8-6-5-7-9-13/h5-9,14H,4,10-12H2,1-3H3. The van der Waals surface area contributed by atoms with Gasteiger partial charge in [-0.3, -0.25) is 14.5 Å². The molecular weight excluding hydrogens is 266 g/mol. The molecule has 0 aromatic heterocycles. The number of amides is 2. The summed E-state index contributed by atoms with van der Waals surface area (Å²) in [6.07, 6.45) is 0.845. The van der Waals surface area contributed by atoms with Crippen molar-refractivity contribution in [1.82, 2.24) is 9.80 Å². The minimum atomic E-state index is -0.418. The maximum Gasteiger partial charge on any atom is 0.316 e. The second-order valence-electron chi connectivity index (χ2n) is 5.60. The van der Waals surface area contributed by atoms with E-state index in [0.717, 1.165) is 18.7 Å². The van der Waals surface area contributed by atoms with E-state index < -0.39 is 11.8 Å². The summed E-state index contributed by atoms with van der Waals surface area (Å²) in [6, 6.07) is 9.49. The zero-order valence-corrected chi connectivity index (χ0v) is 13.0. The second-order valence-corrected chi connectivity index (χ2v) is 5.60. The van der Waals surface area contributed by atoms with Crippen molar-refractivity contribution in [3.8, 4) is 0 Å². The molecule has 1 unspecified atom stereocenters. The van der Waals surface area contributed by atoms with Crippen molar-refractivity contribution < 1.29 is 9.59 Å². The highest BCUT2D eigenvalue weighted by Gasteiger charge is 2.38. The van der Waals surface area contributed by atoms with Crippen LogP contribution in [-0.2, 0) is 9.59 Å². The monoisotopic (exact) mass is 289 g/mol. The van der Waals surface area contributed by atoms with E-state index in [9.17, 15) is 9.59 Å². The van der Waals surface area contributed by atoms with Crippen molar-refractivity contribution in [3.63, 3.8) is 0 Å². The van der Waals surface area contributed by atoms with Gasteiger partial charge in [0.2, 0.25) is 0 Å². The Morgan fingerprint density at radius 2 is 1.81 bits per heavy atom. The molecule has 0 spiro atoms. The Hall–Kier alpha value is -1.88. The average molecular weight is 289 g/mol. The minimum absolute atomic E-state index is 0.0277. The van der Waals surface area contributed by atoms with Gasteiger partial charge >= 0.3 is 11.8 Å². The van der Waals surface area contributed by atoms with Crippen LogP contribution in [0.25, 0.3) is 0 Å². The lowest BCUT2D eigenvalue weighted by Gasteiger charge is -2.40. The van der Waals surface area contributed by atoms with E-state index in [4.69, 9.17) is 0 Å². The molecule has 1 aromatic carbocycles. The first-order chi connectivity index (χ1) is 10.0. The number of rotatable bonds is 5. The number of anilines is 1. The van der Waals surface area contributed by atoms with Gasteiger partial charge in [0.1, 0.15) is 0 Å². The number of carbonyl (C=O) groups excluding carboxylic acids is 2. The van der Waals surface area contributed by atoms with Crippen molar-refractivity contribution in [2.24, 2.45) is 0 Å².